The second-order valence-electron chi connectivity index (χ2n) is 10.5. The normalized spacial score (nSPS) is 29.6. The number of amides is 1. The number of alkyl halides is 3. The first-order chi connectivity index (χ1) is 17.9. The zero-order valence-corrected chi connectivity index (χ0v) is 21.0. The van der Waals surface area contributed by atoms with Crippen molar-refractivity contribution in [3.63, 3.8) is 0 Å². The zero-order chi connectivity index (χ0) is 25.8. The molecule has 2 fully saturated rings. The SMILES string of the molecule is O=C(NCCN1CCCCC1)OC[C@H]1CC[C@@H]2[C@H](O1)c1cc(C(F)(F)F)ccc1N[C@H]2C1C=CC=CC1. The Balaban J connectivity index is 1.23. The van der Waals surface area contributed by atoms with Crippen LogP contribution in [0.5, 0.6) is 0 Å². The standard InChI is InChI=1S/C28H36F3N3O3/c29-28(30,31)20-9-12-24-23(17-20)26-22(25(33-24)19-7-3-1-4-8-19)11-10-21(37-26)18-36-27(35)32-13-16-34-14-5-2-6-15-34/h1,3-4,7,9,12,17,19,21-22,25-26,33H,2,5-6,8,10-11,13-16,18H2,(H,32,35)/t19?,21-,22+,25+,26+/m1/s1. The van der Waals surface area contributed by atoms with Crippen molar-refractivity contribution < 1.29 is 27.4 Å². The average Bonchev–Trinajstić information content (AvgIpc) is 2.91. The molecule has 0 radical (unpaired) electrons. The van der Waals surface area contributed by atoms with E-state index < -0.39 is 23.9 Å². The van der Waals surface area contributed by atoms with Gasteiger partial charge in [-0.15, -0.1) is 0 Å². The maximum Gasteiger partial charge on any atom is 0.416 e. The van der Waals surface area contributed by atoms with Gasteiger partial charge in [-0.25, -0.2) is 4.79 Å². The highest BCUT2D eigenvalue weighted by Gasteiger charge is 2.45. The van der Waals surface area contributed by atoms with Gasteiger partial charge in [0.1, 0.15) is 6.61 Å². The predicted molar refractivity (Wildman–Crippen MR) is 135 cm³/mol. The smallest absolute Gasteiger partial charge is 0.416 e. The maximum absolute atomic E-state index is 13.5. The number of piperidine rings is 1. The molecule has 0 saturated carbocycles. The molecule has 37 heavy (non-hydrogen) atoms. The lowest BCUT2D eigenvalue weighted by Crippen LogP contribution is -2.47. The topological polar surface area (TPSA) is 62.8 Å². The molecule has 202 valence electrons. The number of nitrogens with zero attached hydrogens (tertiary/aromatic N) is 1. The van der Waals surface area contributed by atoms with Crippen LogP contribution in [-0.4, -0.2) is 55.9 Å². The first-order valence-corrected chi connectivity index (χ1v) is 13.5. The predicted octanol–water partition coefficient (Wildman–Crippen LogP) is 5.68. The molecule has 1 amide bonds. The zero-order valence-electron chi connectivity index (χ0n) is 21.0. The molecule has 3 aliphatic heterocycles. The van der Waals surface area contributed by atoms with E-state index in [1.165, 1.54) is 31.4 Å². The number of fused-ring (bicyclic) bond motifs is 3. The molecule has 6 nitrogen and oxygen atoms in total. The second-order valence-corrected chi connectivity index (χ2v) is 10.5. The summed E-state index contributed by atoms with van der Waals surface area (Å²) in [5, 5.41) is 6.34. The lowest BCUT2D eigenvalue weighted by atomic mass is 9.73. The monoisotopic (exact) mass is 519 g/mol. The van der Waals surface area contributed by atoms with Gasteiger partial charge in [0, 0.05) is 42.2 Å². The van der Waals surface area contributed by atoms with Crippen LogP contribution < -0.4 is 10.6 Å². The quantitative estimate of drug-likeness (QED) is 0.506. The van der Waals surface area contributed by atoms with E-state index in [0.717, 1.165) is 38.5 Å². The molecule has 5 rings (SSSR count). The van der Waals surface area contributed by atoms with Crippen LogP contribution in [0.1, 0.15) is 55.8 Å². The molecule has 2 N–H and O–H groups in total. The summed E-state index contributed by atoms with van der Waals surface area (Å²) >= 11 is 0. The Bertz CT molecular complexity index is 1010. The molecular weight excluding hydrogens is 483 g/mol. The molecule has 1 aromatic rings. The Labute approximate surface area is 216 Å². The fourth-order valence-corrected chi connectivity index (χ4v) is 6.10. The fourth-order valence-electron chi connectivity index (χ4n) is 6.10. The molecule has 9 heteroatoms. The lowest BCUT2D eigenvalue weighted by Gasteiger charge is -2.47. The van der Waals surface area contributed by atoms with Crippen LogP contribution in [0, 0.1) is 11.8 Å². The van der Waals surface area contributed by atoms with Gasteiger partial charge < -0.3 is 25.0 Å². The molecule has 5 atom stereocenters. The highest BCUT2D eigenvalue weighted by atomic mass is 19.4. The van der Waals surface area contributed by atoms with Crippen molar-refractivity contribution >= 4 is 11.8 Å². The summed E-state index contributed by atoms with van der Waals surface area (Å²) in [5.74, 6) is 0.252. The van der Waals surface area contributed by atoms with Gasteiger partial charge in [-0.2, -0.15) is 13.2 Å². The van der Waals surface area contributed by atoms with Crippen molar-refractivity contribution in [3.8, 4) is 0 Å². The highest BCUT2D eigenvalue weighted by molar-refractivity contribution is 5.67. The first kappa shape index (κ1) is 26.1. The van der Waals surface area contributed by atoms with Crippen LogP contribution in [0.25, 0.3) is 0 Å². The van der Waals surface area contributed by atoms with Crippen LogP contribution in [0.15, 0.2) is 42.5 Å². The largest absolute Gasteiger partial charge is 0.447 e. The molecule has 0 aromatic heterocycles. The van der Waals surface area contributed by atoms with Crippen molar-refractivity contribution in [2.24, 2.45) is 11.8 Å². The van der Waals surface area contributed by atoms with E-state index in [4.69, 9.17) is 9.47 Å². The Morgan fingerprint density at radius 3 is 2.76 bits per heavy atom. The number of ether oxygens (including phenoxy) is 2. The Hall–Kier alpha value is -2.52. The van der Waals surface area contributed by atoms with Crippen LogP contribution in [0.4, 0.5) is 23.7 Å². The molecule has 1 unspecified atom stereocenters. The maximum atomic E-state index is 13.5. The van der Waals surface area contributed by atoms with Gasteiger partial charge in [0.2, 0.25) is 0 Å². The van der Waals surface area contributed by atoms with Gasteiger partial charge in [0.15, 0.2) is 0 Å². The second kappa shape index (κ2) is 11.5. The number of rotatable bonds is 6. The minimum absolute atomic E-state index is 0.0201. The lowest BCUT2D eigenvalue weighted by molar-refractivity contribution is -0.138. The summed E-state index contributed by atoms with van der Waals surface area (Å²) in [4.78, 5) is 14.6. The number of hydrogen-bond donors (Lipinski definition) is 2. The number of anilines is 1. The number of likely N-dealkylation sites (tertiary alicyclic amines) is 1. The fraction of sp³-hybridized carbons (Fsp3) is 0.607. The number of carbonyl (C=O) groups excluding carboxylic acids is 1. The third kappa shape index (κ3) is 6.32. The summed E-state index contributed by atoms with van der Waals surface area (Å²) < 4.78 is 52.4. The third-order valence-corrected chi connectivity index (χ3v) is 8.04. The number of allylic oxidation sites excluding steroid dienone is 3. The van der Waals surface area contributed by atoms with Crippen LogP contribution in [-0.2, 0) is 15.7 Å². The third-order valence-electron chi connectivity index (χ3n) is 8.04. The summed E-state index contributed by atoms with van der Waals surface area (Å²) in [7, 11) is 0. The van der Waals surface area contributed by atoms with E-state index in [2.05, 4.69) is 27.7 Å². The minimum Gasteiger partial charge on any atom is -0.447 e. The van der Waals surface area contributed by atoms with Crippen molar-refractivity contribution in [2.45, 2.75) is 63.0 Å². The van der Waals surface area contributed by atoms with Crippen LogP contribution in [0.3, 0.4) is 0 Å². The van der Waals surface area contributed by atoms with Crippen molar-refractivity contribution in [2.75, 3.05) is 38.1 Å². The van der Waals surface area contributed by atoms with Gasteiger partial charge in [0.25, 0.3) is 0 Å². The number of carbonyl (C=O) groups is 1. The number of halogens is 3. The van der Waals surface area contributed by atoms with Crippen LogP contribution in [0.2, 0.25) is 0 Å². The summed E-state index contributed by atoms with van der Waals surface area (Å²) in [6.45, 7) is 3.54. The van der Waals surface area contributed by atoms with E-state index in [9.17, 15) is 18.0 Å². The molecule has 0 bridgehead atoms. The molecule has 4 aliphatic rings. The average molecular weight is 520 g/mol. The Morgan fingerprint density at radius 1 is 1.16 bits per heavy atom. The first-order valence-electron chi connectivity index (χ1n) is 13.5. The molecule has 1 aromatic carbocycles. The van der Waals surface area contributed by atoms with Crippen molar-refractivity contribution in [1.29, 1.82) is 0 Å². The molecule has 0 spiro atoms. The van der Waals surface area contributed by atoms with Crippen LogP contribution >= 0.6 is 0 Å². The Kier molecular flexibility index (Phi) is 8.09. The number of alkyl carbamates (subject to hydrolysis) is 1. The van der Waals surface area contributed by atoms with Gasteiger partial charge in [-0.3, -0.25) is 0 Å². The molecule has 1 aliphatic carbocycles. The van der Waals surface area contributed by atoms with Gasteiger partial charge in [-0.05, 0) is 63.4 Å². The molecular formula is C28H36F3N3O3. The summed E-state index contributed by atoms with van der Waals surface area (Å²) in [5.41, 5.74) is 0.530. The van der Waals surface area contributed by atoms with Gasteiger partial charge in [-0.1, -0.05) is 30.7 Å². The van der Waals surface area contributed by atoms with Crippen molar-refractivity contribution in [3.05, 3.63) is 53.6 Å². The number of nitrogens with one attached hydrogen (secondary N) is 2. The molecule has 2 saturated heterocycles. The van der Waals surface area contributed by atoms with E-state index in [0.29, 0.717) is 24.2 Å². The molecule has 3 heterocycles. The van der Waals surface area contributed by atoms with Crippen molar-refractivity contribution in [1.82, 2.24) is 10.2 Å². The van der Waals surface area contributed by atoms with Gasteiger partial charge in [0.05, 0.1) is 17.8 Å². The number of benzene rings is 1. The van der Waals surface area contributed by atoms with E-state index in [1.807, 2.05) is 12.2 Å². The van der Waals surface area contributed by atoms with E-state index in [1.54, 1.807) is 0 Å². The van der Waals surface area contributed by atoms with E-state index >= 15 is 0 Å². The van der Waals surface area contributed by atoms with Gasteiger partial charge >= 0.3 is 12.3 Å². The number of hydrogen-bond acceptors (Lipinski definition) is 5. The highest BCUT2D eigenvalue weighted by Crippen LogP contribution is 2.49. The minimum atomic E-state index is -4.43. The summed E-state index contributed by atoms with van der Waals surface area (Å²) in [6.07, 6.45) is 8.54. The summed E-state index contributed by atoms with van der Waals surface area (Å²) in [6, 6.07) is 3.90. The Morgan fingerprint density at radius 2 is 2.00 bits per heavy atom. The van der Waals surface area contributed by atoms with E-state index in [-0.39, 0.29) is 30.6 Å².